The van der Waals surface area contributed by atoms with Crippen molar-refractivity contribution in [3.63, 3.8) is 0 Å². The van der Waals surface area contributed by atoms with Crippen LogP contribution in [0.15, 0.2) is 36.5 Å². The highest BCUT2D eigenvalue weighted by Gasteiger charge is 2.17. The molecule has 1 aliphatic rings. The van der Waals surface area contributed by atoms with Gasteiger partial charge < -0.3 is 15.4 Å². The quantitative estimate of drug-likeness (QED) is 0.746. The average molecular weight is 388 g/mol. The normalized spacial score (nSPS) is 14.4. The van der Waals surface area contributed by atoms with Crippen molar-refractivity contribution in [2.24, 2.45) is 0 Å². The Hall–Kier alpha value is -2.60. The highest BCUT2D eigenvalue weighted by Crippen LogP contribution is 2.27. The summed E-state index contributed by atoms with van der Waals surface area (Å²) in [5.41, 5.74) is 1.98. The first-order valence-corrected chi connectivity index (χ1v) is 9.36. The third-order valence-electron chi connectivity index (χ3n) is 4.60. The number of anilines is 2. The van der Waals surface area contributed by atoms with E-state index in [0.717, 1.165) is 25.7 Å². The number of aromatic nitrogens is 1. The summed E-state index contributed by atoms with van der Waals surface area (Å²) in [6.07, 6.45) is 7.18. The summed E-state index contributed by atoms with van der Waals surface area (Å²) < 4.78 is 4.72. The van der Waals surface area contributed by atoms with E-state index in [9.17, 15) is 9.59 Å². The molecule has 7 heteroatoms. The van der Waals surface area contributed by atoms with E-state index in [0.29, 0.717) is 27.7 Å². The number of benzene rings is 1. The van der Waals surface area contributed by atoms with Crippen LogP contribution in [0.2, 0.25) is 5.02 Å². The van der Waals surface area contributed by atoms with Crippen molar-refractivity contribution < 1.29 is 14.3 Å². The Bertz CT molecular complexity index is 818. The SMILES string of the molecule is COC(=O)c1ccc(Cl)c(Nc2ccc(C(=O)NC3CCCCC3)nc2)c1. The molecule has 27 heavy (non-hydrogen) atoms. The molecule has 0 aliphatic heterocycles. The van der Waals surface area contributed by atoms with Crippen LogP contribution in [0.4, 0.5) is 11.4 Å². The Balaban J connectivity index is 1.67. The first-order valence-electron chi connectivity index (χ1n) is 8.98. The van der Waals surface area contributed by atoms with Gasteiger partial charge >= 0.3 is 5.97 Å². The first kappa shape index (κ1) is 19.2. The van der Waals surface area contributed by atoms with Crippen molar-refractivity contribution in [1.82, 2.24) is 10.3 Å². The minimum atomic E-state index is -0.442. The van der Waals surface area contributed by atoms with Crippen LogP contribution < -0.4 is 10.6 Å². The van der Waals surface area contributed by atoms with Gasteiger partial charge in [0, 0.05) is 6.04 Å². The number of carbonyl (C=O) groups excluding carboxylic acids is 2. The van der Waals surface area contributed by atoms with Crippen LogP contribution >= 0.6 is 11.6 Å². The highest BCUT2D eigenvalue weighted by atomic mass is 35.5. The molecular formula is C20H22ClN3O3. The Morgan fingerprint density at radius 2 is 1.93 bits per heavy atom. The highest BCUT2D eigenvalue weighted by molar-refractivity contribution is 6.33. The third-order valence-corrected chi connectivity index (χ3v) is 4.93. The molecule has 2 aromatic rings. The van der Waals surface area contributed by atoms with E-state index in [4.69, 9.17) is 16.3 Å². The second kappa shape index (κ2) is 8.86. The molecule has 1 amide bonds. The van der Waals surface area contributed by atoms with Crippen molar-refractivity contribution in [2.75, 3.05) is 12.4 Å². The fourth-order valence-corrected chi connectivity index (χ4v) is 3.29. The molecule has 0 atom stereocenters. The Kier molecular flexibility index (Phi) is 6.29. The number of halogens is 1. The van der Waals surface area contributed by atoms with Crippen molar-refractivity contribution in [2.45, 2.75) is 38.1 Å². The molecule has 2 N–H and O–H groups in total. The zero-order valence-corrected chi connectivity index (χ0v) is 15.9. The molecule has 0 spiro atoms. The van der Waals surface area contributed by atoms with Gasteiger partial charge in [0.15, 0.2) is 0 Å². The maximum absolute atomic E-state index is 12.3. The number of pyridine rings is 1. The molecule has 0 radical (unpaired) electrons. The minimum Gasteiger partial charge on any atom is -0.465 e. The largest absolute Gasteiger partial charge is 0.465 e. The van der Waals surface area contributed by atoms with E-state index in [1.165, 1.54) is 13.5 Å². The lowest BCUT2D eigenvalue weighted by molar-refractivity contribution is 0.0600. The molecule has 1 aromatic carbocycles. The number of hydrogen-bond donors (Lipinski definition) is 2. The van der Waals surface area contributed by atoms with Gasteiger partial charge in [-0.3, -0.25) is 4.79 Å². The predicted molar refractivity (Wildman–Crippen MR) is 105 cm³/mol. The van der Waals surface area contributed by atoms with Crippen LogP contribution in [0.3, 0.4) is 0 Å². The number of methoxy groups -OCH3 is 1. The molecule has 1 aliphatic carbocycles. The zero-order valence-electron chi connectivity index (χ0n) is 15.1. The fraction of sp³-hybridized carbons (Fsp3) is 0.350. The van der Waals surface area contributed by atoms with Crippen molar-refractivity contribution in [3.8, 4) is 0 Å². The average Bonchev–Trinajstić information content (AvgIpc) is 2.70. The molecule has 1 aromatic heterocycles. The predicted octanol–water partition coefficient (Wildman–Crippen LogP) is 4.33. The Morgan fingerprint density at radius 1 is 1.15 bits per heavy atom. The van der Waals surface area contributed by atoms with Gasteiger partial charge in [-0.25, -0.2) is 9.78 Å². The number of rotatable bonds is 5. The number of ether oxygens (including phenoxy) is 1. The van der Waals surface area contributed by atoms with Crippen LogP contribution in [0.1, 0.15) is 53.0 Å². The summed E-state index contributed by atoms with van der Waals surface area (Å²) >= 11 is 6.19. The summed E-state index contributed by atoms with van der Waals surface area (Å²) in [5.74, 6) is -0.596. The van der Waals surface area contributed by atoms with E-state index in [-0.39, 0.29) is 11.9 Å². The van der Waals surface area contributed by atoms with Gasteiger partial charge in [0.1, 0.15) is 5.69 Å². The summed E-state index contributed by atoms with van der Waals surface area (Å²) in [6, 6.07) is 8.48. The lowest BCUT2D eigenvalue weighted by Crippen LogP contribution is -2.36. The van der Waals surface area contributed by atoms with E-state index < -0.39 is 5.97 Å². The van der Waals surface area contributed by atoms with Crippen molar-refractivity contribution in [1.29, 1.82) is 0 Å². The van der Waals surface area contributed by atoms with E-state index in [1.807, 2.05) is 0 Å². The number of hydrogen-bond acceptors (Lipinski definition) is 5. The maximum Gasteiger partial charge on any atom is 0.337 e. The monoisotopic (exact) mass is 387 g/mol. The molecule has 1 fully saturated rings. The van der Waals surface area contributed by atoms with Gasteiger partial charge in [0.25, 0.3) is 5.91 Å². The number of carbonyl (C=O) groups is 2. The van der Waals surface area contributed by atoms with E-state index in [1.54, 1.807) is 36.5 Å². The van der Waals surface area contributed by atoms with Crippen LogP contribution in [0.25, 0.3) is 0 Å². The van der Waals surface area contributed by atoms with Gasteiger partial charge in [0.2, 0.25) is 0 Å². The van der Waals surface area contributed by atoms with Gasteiger partial charge in [-0.2, -0.15) is 0 Å². The van der Waals surface area contributed by atoms with Crippen LogP contribution in [-0.2, 0) is 4.74 Å². The number of nitrogens with one attached hydrogen (secondary N) is 2. The summed E-state index contributed by atoms with van der Waals surface area (Å²) in [4.78, 5) is 28.2. The molecule has 1 saturated carbocycles. The number of amides is 1. The molecule has 0 unspecified atom stereocenters. The van der Waals surface area contributed by atoms with E-state index in [2.05, 4.69) is 15.6 Å². The zero-order chi connectivity index (χ0) is 19.2. The molecular weight excluding hydrogens is 366 g/mol. The standard InChI is InChI=1S/C20H22ClN3O3/c1-27-20(26)13-7-9-16(21)18(11-13)23-15-8-10-17(22-12-15)19(25)24-14-5-3-2-4-6-14/h7-12,14,23H,2-6H2,1H3,(H,24,25). The van der Waals surface area contributed by atoms with E-state index >= 15 is 0 Å². The van der Waals surface area contributed by atoms with Crippen LogP contribution in [0, 0.1) is 0 Å². The van der Waals surface area contributed by atoms with Gasteiger partial charge in [-0.05, 0) is 43.2 Å². The molecule has 142 valence electrons. The molecule has 0 saturated heterocycles. The molecule has 0 bridgehead atoms. The second-order valence-electron chi connectivity index (χ2n) is 6.55. The summed E-state index contributed by atoms with van der Waals surface area (Å²) in [7, 11) is 1.32. The first-order chi connectivity index (χ1) is 13.1. The fourth-order valence-electron chi connectivity index (χ4n) is 3.13. The van der Waals surface area contributed by atoms with Crippen molar-refractivity contribution >= 4 is 34.9 Å². The number of esters is 1. The molecule has 1 heterocycles. The van der Waals surface area contributed by atoms with Crippen molar-refractivity contribution in [3.05, 3.63) is 52.8 Å². The van der Waals surface area contributed by atoms with Crippen LogP contribution in [0.5, 0.6) is 0 Å². The Morgan fingerprint density at radius 3 is 2.59 bits per heavy atom. The molecule has 3 rings (SSSR count). The topological polar surface area (TPSA) is 80.3 Å². The third kappa shape index (κ3) is 4.98. The summed E-state index contributed by atoms with van der Waals surface area (Å²) in [6.45, 7) is 0. The Labute approximate surface area is 163 Å². The molecule has 6 nitrogen and oxygen atoms in total. The number of nitrogens with zero attached hydrogens (tertiary/aromatic N) is 1. The van der Waals surface area contributed by atoms with Gasteiger partial charge in [-0.1, -0.05) is 30.9 Å². The van der Waals surface area contributed by atoms with Gasteiger partial charge in [-0.15, -0.1) is 0 Å². The lowest BCUT2D eigenvalue weighted by atomic mass is 9.95. The lowest BCUT2D eigenvalue weighted by Gasteiger charge is -2.22. The van der Waals surface area contributed by atoms with Crippen LogP contribution in [-0.4, -0.2) is 30.0 Å². The van der Waals surface area contributed by atoms with Gasteiger partial charge in [0.05, 0.1) is 35.3 Å². The minimum absolute atomic E-state index is 0.154. The second-order valence-corrected chi connectivity index (χ2v) is 6.96. The maximum atomic E-state index is 12.3. The summed E-state index contributed by atoms with van der Waals surface area (Å²) in [5, 5.41) is 6.61. The smallest absolute Gasteiger partial charge is 0.337 e.